The van der Waals surface area contributed by atoms with Crippen LogP contribution < -0.4 is 5.73 Å². The van der Waals surface area contributed by atoms with E-state index in [1.807, 2.05) is 0 Å². The number of hydrogen-bond donors (Lipinski definition) is 1. The van der Waals surface area contributed by atoms with Gasteiger partial charge in [0.2, 0.25) is 5.91 Å². The molecule has 0 radical (unpaired) electrons. The minimum Gasteiger partial charge on any atom is -0.339 e. The highest BCUT2D eigenvalue weighted by Gasteiger charge is 2.45. The molecule has 2 fully saturated rings. The topological polar surface area (TPSA) is 46.3 Å². The predicted octanol–water partition coefficient (Wildman–Crippen LogP) is 1.91. The standard InChI is InChI=1S/C13H24N2O/c1-2-9-15(11-5-6-11)12(16)13(10-14)7-3-4-8-13/h11H,2-10,14H2,1H3. The zero-order chi connectivity index (χ0) is 11.6. The van der Waals surface area contributed by atoms with Crippen LogP contribution in [-0.4, -0.2) is 29.9 Å². The van der Waals surface area contributed by atoms with E-state index in [-0.39, 0.29) is 5.41 Å². The predicted molar refractivity (Wildman–Crippen MR) is 65.0 cm³/mol. The average Bonchev–Trinajstić information content (AvgIpc) is 3.02. The van der Waals surface area contributed by atoms with Crippen LogP contribution in [0.25, 0.3) is 0 Å². The molecule has 0 spiro atoms. The number of nitrogens with zero attached hydrogens (tertiary/aromatic N) is 1. The second-order valence-electron chi connectivity index (χ2n) is 5.42. The van der Waals surface area contributed by atoms with Crippen LogP contribution in [0, 0.1) is 5.41 Å². The molecule has 0 bridgehead atoms. The Hall–Kier alpha value is -0.570. The molecule has 3 heteroatoms. The molecule has 0 aliphatic heterocycles. The van der Waals surface area contributed by atoms with Crippen LogP contribution >= 0.6 is 0 Å². The van der Waals surface area contributed by atoms with Gasteiger partial charge in [0.25, 0.3) is 0 Å². The Bertz CT molecular complexity index is 255. The van der Waals surface area contributed by atoms with Crippen LogP contribution in [-0.2, 0) is 4.79 Å². The maximum atomic E-state index is 12.6. The van der Waals surface area contributed by atoms with Gasteiger partial charge in [-0.15, -0.1) is 0 Å². The number of amides is 1. The molecule has 16 heavy (non-hydrogen) atoms. The lowest BCUT2D eigenvalue weighted by atomic mass is 9.84. The van der Waals surface area contributed by atoms with Gasteiger partial charge in [-0.1, -0.05) is 19.8 Å². The summed E-state index contributed by atoms with van der Waals surface area (Å²) in [6.07, 6.45) is 7.83. The number of rotatable bonds is 5. The van der Waals surface area contributed by atoms with Crippen molar-refractivity contribution in [2.75, 3.05) is 13.1 Å². The summed E-state index contributed by atoms with van der Waals surface area (Å²) < 4.78 is 0. The highest BCUT2D eigenvalue weighted by Crippen LogP contribution is 2.41. The molecule has 0 aromatic rings. The van der Waals surface area contributed by atoms with E-state index in [9.17, 15) is 4.79 Å². The van der Waals surface area contributed by atoms with Crippen molar-refractivity contribution in [3.8, 4) is 0 Å². The van der Waals surface area contributed by atoms with E-state index in [4.69, 9.17) is 5.73 Å². The number of carbonyl (C=O) groups is 1. The van der Waals surface area contributed by atoms with Crippen molar-refractivity contribution in [2.24, 2.45) is 11.1 Å². The van der Waals surface area contributed by atoms with E-state index < -0.39 is 0 Å². The highest BCUT2D eigenvalue weighted by atomic mass is 16.2. The highest BCUT2D eigenvalue weighted by molar-refractivity contribution is 5.84. The monoisotopic (exact) mass is 224 g/mol. The number of nitrogens with two attached hydrogens (primary N) is 1. The Labute approximate surface area is 98.4 Å². The van der Waals surface area contributed by atoms with Gasteiger partial charge < -0.3 is 10.6 Å². The first-order chi connectivity index (χ1) is 7.73. The minimum absolute atomic E-state index is 0.197. The summed E-state index contributed by atoms with van der Waals surface area (Å²) in [6.45, 7) is 3.61. The molecule has 92 valence electrons. The van der Waals surface area contributed by atoms with Crippen molar-refractivity contribution in [2.45, 2.75) is 57.9 Å². The zero-order valence-corrected chi connectivity index (χ0v) is 10.4. The lowest BCUT2D eigenvalue weighted by molar-refractivity contribution is -0.142. The number of hydrogen-bond acceptors (Lipinski definition) is 2. The molecule has 2 N–H and O–H groups in total. The minimum atomic E-state index is -0.197. The molecular formula is C13H24N2O. The van der Waals surface area contributed by atoms with E-state index in [1.165, 1.54) is 25.7 Å². The first-order valence-electron chi connectivity index (χ1n) is 6.74. The van der Waals surface area contributed by atoms with Gasteiger partial charge >= 0.3 is 0 Å². The SMILES string of the molecule is CCCN(C(=O)C1(CN)CCCC1)C1CC1. The van der Waals surface area contributed by atoms with Crippen LogP contribution in [0.3, 0.4) is 0 Å². The molecule has 0 aromatic carbocycles. The largest absolute Gasteiger partial charge is 0.339 e. The van der Waals surface area contributed by atoms with Crippen LogP contribution in [0.1, 0.15) is 51.9 Å². The molecule has 2 aliphatic rings. The van der Waals surface area contributed by atoms with E-state index in [0.29, 0.717) is 18.5 Å². The van der Waals surface area contributed by atoms with Gasteiger partial charge in [-0.3, -0.25) is 4.79 Å². The van der Waals surface area contributed by atoms with E-state index in [2.05, 4.69) is 11.8 Å². The molecule has 3 nitrogen and oxygen atoms in total. The van der Waals surface area contributed by atoms with Crippen molar-refractivity contribution in [3.05, 3.63) is 0 Å². The number of carbonyl (C=O) groups excluding carboxylic acids is 1. The van der Waals surface area contributed by atoms with Crippen molar-refractivity contribution in [1.82, 2.24) is 4.90 Å². The maximum Gasteiger partial charge on any atom is 0.230 e. The fraction of sp³-hybridized carbons (Fsp3) is 0.923. The third-order valence-corrected chi connectivity index (χ3v) is 4.12. The van der Waals surface area contributed by atoms with Gasteiger partial charge in [-0.25, -0.2) is 0 Å². The Kier molecular flexibility index (Phi) is 3.53. The molecular weight excluding hydrogens is 200 g/mol. The van der Waals surface area contributed by atoms with Gasteiger partial charge in [0.1, 0.15) is 0 Å². The van der Waals surface area contributed by atoms with Crippen LogP contribution in [0.15, 0.2) is 0 Å². The van der Waals surface area contributed by atoms with Gasteiger partial charge in [0, 0.05) is 19.1 Å². The molecule has 0 atom stereocenters. The third-order valence-electron chi connectivity index (χ3n) is 4.12. The molecule has 0 saturated heterocycles. The van der Waals surface area contributed by atoms with Crippen LogP contribution in [0.4, 0.5) is 0 Å². The first kappa shape index (κ1) is 11.9. The van der Waals surface area contributed by atoms with E-state index in [1.54, 1.807) is 0 Å². The van der Waals surface area contributed by atoms with Crippen molar-refractivity contribution < 1.29 is 4.79 Å². The lowest BCUT2D eigenvalue weighted by Gasteiger charge is -2.33. The van der Waals surface area contributed by atoms with Crippen molar-refractivity contribution >= 4 is 5.91 Å². The smallest absolute Gasteiger partial charge is 0.230 e. The van der Waals surface area contributed by atoms with E-state index >= 15 is 0 Å². The van der Waals surface area contributed by atoms with Crippen molar-refractivity contribution in [3.63, 3.8) is 0 Å². The van der Waals surface area contributed by atoms with Gasteiger partial charge in [0.15, 0.2) is 0 Å². The third kappa shape index (κ3) is 2.10. The fourth-order valence-electron chi connectivity index (χ4n) is 2.94. The first-order valence-corrected chi connectivity index (χ1v) is 6.74. The lowest BCUT2D eigenvalue weighted by Crippen LogP contribution is -2.47. The summed E-state index contributed by atoms with van der Waals surface area (Å²) >= 11 is 0. The summed E-state index contributed by atoms with van der Waals surface area (Å²) in [5.41, 5.74) is 5.68. The molecule has 0 aromatic heterocycles. The van der Waals surface area contributed by atoms with Crippen LogP contribution in [0.5, 0.6) is 0 Å². The second-order valence-corrected chi connectivity index (χ2v) is 5.42. The normalized spacial score (nSPS) is 23.4. The van der Waals surface area contributed by atoms with Crippen LogP contribution in [0.2, 0.25) is 0 Å². The summed E-state index contributed by atoms with van der Waals surface area (Å²) in [7, 11) is 0. The summed E-state index contributed by atoms with van der Waals surface area (Å²) in [4.78, 5) is 14.7. The molecule has 0 unspecified atom stereocenters. The molecule has 0 heterocycles. The quantitative estimate of drug-likeness (QED) is 0.775. The van der Waals surface area contributed by atoms with E-state index in [0.717, 1.165) is 25.8 Å². The molecule has 1 amide bonds. The van der Waals surface area contributed by atoms with Gasteiger partial charge in [-0.2, -0.15) is 0 Å². The molecule has 2 saturated carbocycles. The Morgan fingerprint density at radius 1 is 1.38 bits per heavy atom. The fourth-order valence-corrected chi connectivity index (χ4v) is 2.94. The molecule has 2 aliphatic carbocycles. The Balaban J connectivity index is 2.07. The second kappa shape index (κ2) is 4.74. The summed E-state index contributed by atoms with van der Waals surface area (Å²) in [5, 5.41) is 0. The summed E-state index contributed by atoms with van der Waals surface area (Å²) in [5.74, 6) is 0.358. The van der Waals surface area contributed by atoms with Crippen molar-refractivity contribution in [1.29, 1.82) is 0 Å². The average molecular weight is 224 g/mol. The van der Waals surface area contributed by atoms with Gasteiger partial charge in [-0.05, 0) is 32.1 Å². The molecule has 2 rings (SSSR count). The van der Waals surface area contributed by atoms with Gasteiger partial charge in [0.05, 0.1) is 5.41 Å². The zero-order valence-electron chi connectivity index (χ0n) is 10.4. The Morgan fingerprint density at radius 3 is 2.44 bits per heavy atom. The maximum absolute atomic E-state index is 12.6. The Morgan fingerprint density at radius 2 is 2.00 bits per heavy atom. The summed E-state index contributed by atoms with van der Waals surface area (Å²) in [6, 6.07) is 0.538.